The lowest BCUT2D eigenvalue weighted by molar-refractivity contribution is -0.125. The standard InChI is InChI=1S/C18H24N4O2S.ClH/c1-10(2)16(19)17(24)20-8-15(23)22-18-21-14(9-25-18)13-6-5-11(3)12(4)7-13;/h5-7,9-10,16H,8,19H2,1-4H3,(H,20,24)(H,21,22,23);1H/t16-;/m0./s1. The minimum absolute atomic E-state index is 0. The van der Waals surface area contributed by atoms with Crippen LogP contribution in [-0.2, 0) is 9.59 Å². The highest BCUT2D eigenvalue weighted by atomic mass is 35.5. The quantitative estimate of drug-likeness (QED) is 0.699. The molecule has 1 aromatic heterocycles. The topological polar surface area (TPSA) is 97.1 Å². The van der Waals surface area contributed by atoms with Crippen LogP contribution < -0.4 is 16.4 Å². The van der Waals surface area contributed by atoms with Gasteiger partial charge in [0, 0.05) is 10.9 Å². The van der Waals surface area contributed by atoms with Gasteiger partial charge in [-0.25, -0.2) is 4.98 Å². The van der Waals surface area contributed by atoms with Gasteiger partial charge in [-0.3, -0.25) is 9.59 Å². The van der Waals surface area contributed by atoms with Crippen LogP contribution in [0.1, 0.15) is 25.0 Å². The van der Waals surface area contributed by atoms with Crippen molar-refractivity contribution in [2.24, 2.45) is 11.7 Å². The first-order chi connectivity index (χ1) is 11.8. The molecule has 0 unspecified atom stereocenters. The molecular weight excluding hydrogens is 372 g/mol. The maximum atomic E-state index is 12.0. The van der Waals surface area contributed by atoms with Crippen molar-refractivity contribution in [3.8, 4) is 11.3 Å². The number of carbonyl (C=O) groups excluding carboxylic acids is 2. The number of amides is 2. The number of aryl methyl sites for hydroxylation is 2. The molecule has 2 rings (SSSR count). The van der Waals surface area contributed by atoms with Crippen molar-refractivity contribution >= 4 is 40.7 Å². The summed E-state index contributed by atoms with van der Waals surface area (Å²) in [5, 5.41) is 7.63. The van der Waals surface area contributed by atoms with E-state index in [0.29, 0.717) is 5.13 Å². The molecule has 0 saturated carbocycles. The van der Waals surface area contributed by atoms with Crippen LogP contribution in [0.5, 0.6) is 0 Å². The third kappa shape index (κ3) is 5.79. The van der Waals surface area contributed by atoms with Gasteiger partial charge in [0.2, 0.25) is 11.8 Å². The summed E-state index contributed by atoms with van der Waals surface area (Å²) in [5.74, 6) is -0.645. The number of thiazole rings is 1. The Hall–Kier alpha value is -1.96. The summed E-state index contributed by atoms with van der Waals surface area (Å²) in [5.41, 5.74) is 9.98. The first-order valence-electron chi connectivity index (χ1n) is 8.14. The van der Waals surface area contributed by atoms with Gasteiger partial charge < -0.3 is 16.4 Å². The molecule has 1 heterocycles. The monoisotopic (exact) mass is 396 g/mol. The highest BCUT2D eigenvalue weighted by molar-refractivity contribution is 7.14. The fraction of sp³-hybridized carbons (Fsp3) is 0.389. The van der Waals surface area contributed by atoms with Crippen molar-refractivity contribution in [3.05, 3.63) is 34.7 Å². The summed E-state index contributed by atoms with van der Waals surface area (Å²) in [6.45, 7) is 7.70. The molecule has 2 aromatic rings. The molecule has 6 nitrogen and oxygen atoms in total. The SMILES string of the molecule is Cc1ccc(-c2csc(NC(=O)CNC(=O)[C@@H](N)C(C)C)n2)cc1C.Cl. The summed E-state index contributed by atoms with van der Waals surface area (Å²) in [6.07, 6.45) is 0. The smallest absolute Gasteiger partial charge is 0.245 e. The van der Waals surface area contributed by atoms with E-state index < -0.39 is 6.04 Å². The van der Waals surface area contributed by atoms with Crippen molar-refractivity contribution in [1.82, 2.24) is 10.3 Å². The predicted molar refractivity (Wildman–Crippen MR) is 109 cm³/mol. The minimum atomic E-state index is -0.621. The number of hydrogen-bond acceptors (Lipinski definition) is 5. The number of halogens is 1. The molecule has 1 aromatic carbocycles. The Balaban J connectivity index is 0.00000338. The van der Waals surface area contributed by atoms with Crippen LogP contribution in [0.4, 0.5) is 5.13 Å². The second-order valence-corrected chi connectivity index (χ2v) is 7.23. The van der Waals surface area contributed by atoms with Gasteiger partial charge in [-0.15, -0.1) is 23.7 Å². The lowest BCUT2D eigenvalue weighted by Crippen LogP contribution is -2.46. The number of aromatic nitrogens is 1. The molecular formula is C18H25ClN4O2S. The molecule has 0 aliphatic rings. The average molecular weight is 397 g/mol. The van der Waals surface area contributed by atoms with Crippen LogP contribution in [0.15, 0.2) is 23.6 Å². The summed E-state index contributed by atoms with van der Waals surface area (Å²) in [7, 11) is 0. The van der Waals surface area contributed by atoms with Gasteiger partial charge >= 0.3 is 0 Å². The Morgan fingerprint density at radius 2 is 1.92 bits per heavy atom. The third-order valence-corrected chi connectivity index (χ3v) is 4.76. The Morgan fingerprint density at radius 3 is 2.54 bits per heavy atom. The fourth-order valence-electron chi connectivity index (χ4n) is 2.12. The van der Waals surface area contributed by atoms with Crippen molar-refractivity contribution in [2.75, 3.05) is 11.9 Å². The summed E-state index contributed by atoms with van der Waals surface area (Å²) < 4.78 is 0. The average Bonchev–Trinajstić information content (AvgIpc) is 3.02. The fourth-order valence-corrected chi connectivity index (χ4v) is 2.85. The summed E-state index contributed by atoms with van der Waals surface area (Å²) >= 11 is 1.35. The van der Waals surface area contributed by atoms with E-state index in [9.17, 15) is 9.59 Å². The molecule has 0 bridgehead atoms. The van der Waals surface area contributed by atoms with E-state index in [1.807, 2.05) is 25.3 Å². The Bertz CT molecular complexity index is 776. The van der Waals surface area contributed by atoms with E-state index in [4.69, 9.17) is 5.73 Å². The molecule has 1 atom stereocenters. The largest absolute Gasteiger partial charge is 0.346 e. The lowest BCUT2D eigenvalue weighted by Gasteiger charge is -2.14. The summed E-state index contributed by atoms with van der Waals surface area (Å²) in [6, 6.07) is 5.51. The molecule has 26 heavy (non-hydrogen) atoms. The van der Waals surface area contributed by atoms with Crippen LogP contribution in [0.25, 0.3) is 11.3 Å². The zero-order valence-corrected chi connectivity index (χ0v) is 17.0. The Labute approximate surface area is 164 Å². The second-order valence-electron chi connectivity index (χ2n) is 6.37. The number of nitrogens with one attached hydrogen (secondary N) is 2. The first kappa shape index (κ1) is 22.1. The lowest BCUT2D eigenvalue weighted by atomic mass is 10.1. The van der Waals surface area contributed by atoms with Crippen LogP contribution >= 0.6 is 23.7 Å². The van der Waals surface area contributed by atoms with Gasteiger partial charge in [0.1, 0.15) is 0 Å². The van der Waals surface area contributed by atoms with Crippen LogP contribution in [0.2, 0.25) is 0 Å². The zero-order valence-electron chi connectivity index (χ0n) is 15.3. The first-order valence-corrected chi connectivity index (χ1v) is 9.02. The van der Waals surface area contributed by atoms with Gasteiger partial charge in [-0.2, -0.15) is 0 Å². The van der Waals surface area contributed by atoms with Gasteiger partial charge in [-0.05, 0) is 37.0 Å². The molecule has 8 heteroatoms. The van der Waals surface area contributed by atoms with Gasteiger partial charge in [0.15, 0.2) is 5.13 Å². The molecule has 0 radical (unpaired) electrons. The molecule has 0 aliphatic carbocycles. The molecule has 0 saturated heterocycles. The van der Waals surface area contributed by atoms with Crippen molar-refractivity contribution in [3.63, 3.8) is 0 Å². The zero-order chi connectivity index (χ0) is 18.6. The molecule has 0 spiro atoms. The van der Waals surface area contributed by atoms with Gasteiger partial charge in [-0.1, -0.05) is 26.0 Å². The number of anilines is 1. The summed E-state index contributed by atoms with van der Waals surface area (Å²) in [4.78, 5) is 28.1. The van der Waals surface area contributed by atoms with Gasteiger partial charge in [0.25, 0.3) is 0 Å². The van der Waals surface area contributed by atoms with E-state index in [-0.39, 0.29) is 36.7 Å². The molecule has 142 valence electrons. The van der Waals surface area contributed by atoms with Crippen molar-refractivity contribution in [2.45, 2.75) is 33.7 Å². The number of carbonyl (C=O) groups is 2. The van der Waals surface area contributed by atoms with E-state index in [0.717, 1.165) is 11.3 Å². The maximum Gasteiger partial charge on any atom is 0.245 e. The normalized spacial score (nSPS) is 11.6. The highest BCUT2D eigenvalue weighted by Gasteiger charge is 2.18. The van der Waals surface area contributed by atoms with E-state index in [1.165, 1.54) is 22.5 Å². The van der Waals surface area contributed by atoms with Gasteiger partial charge in [0.05, 0.1) is 18.3 Å². The maximum absolute atomic E-state index is 12.0. The van der Waals surface area contributed by atoms with Crippen molar-refractivity contribution in [1.29, 1.82) is 0 Å². The number of nitrogens with zero attached hydrogens (tertiary/aromatic N) is 1. The van der Waals surface area contributed by atoms with E-state index in [2.05, 4.69) is 41.6 Å². The van der Waals surface area contributed by atoms with Crippen LogP contribution in [0.3, 0.4) is 0 Å². The Kier molecular flexibility index (Phi) is 8.20. The number of hydrogen-bond donors (Lipinski definition) is 3. The second kappa shape index (κ2) is 9.66. The number of benzene rings is 1. The number of rotatable bonds is 6. The minimum Gasteiger partial charge on any atom is -0.346 e. The number of nitrogens with two attached hydrogens (primary N) is 1. The third-order valence-electron chi connectivity index (χ3n) is 4.00. The van der Waals surface area contributed by atoms with Crippen LogP contribution in [-0.4, -0.2) is 29.4 Å². The Morgan fingerprint density at radius 1 is 1.23 bits per heavy atom. The predicted octanol–water partition coefficient (Wildman–Crippen LogP) is 2.89. The van der Waals surface area contributed by atoms with E-state index >= 15 is 0 Å². The molecule has 2 amide bonds. The molecule has 0 fully saturated rings. The molecule has 0 aliphatic heterocycles. The van der Waals surface area contributed by atoms with Crippen molar-refractivity contribution < 1.29 is 9.59 Å². The van der Waals surface area contributed by atoms with Crippen LogP contribution in [0, 0.1) is 19.8 Å². The molecule has 4 N–H and O–H groups in total. The highest BCUT2D eigenvalue weighted by Crippen LogP contribution is 2.26. The van der Waals surface area contributed by atoms with E-state index in [1.54, 1.807) is 0 Å².